The summed E-state index contributed by atoms with van der Waals surface area (Å²) in [6, 6.07) is 0.258. The number of rotatable bonds is 5. The van der Waals surface area contributed by atoms with E-state index in [9.17, 15) is 13.2 Å². The summed E-state index contributed by atoms with van der Waals surface area (Å²) in [5.74, 6) is 0.545. The first kappa shape index (κ1) is 16.1. The van der Waals surface area contributed by atoms with Crippen LogP contribution in [0.5, 0.6) is 0 Å². The first-order valence-electron chi connectivity index (χ1n) is 6.65. The van der Waals surface area contributed by atoms with Gasteiger partial charge in [0.25, 0.3) is 0 Å². The Kier molecular flexibility index (Phi) is 5.90. The van der Waals surface area contributed by atoms with Crippen molar-refractivity contribution >= 4 is 5.96 Å². The van der Waals surface area contributed by atoms with Crippen molar-refractivity contribution in [2.75, 3.05) is 26.2 Å². The van der Waals surface area contributed by atoms with Gasteiger partial charge in [-0.3, -0.25) is 9.89 Å². The minimum atomic E-state index is -4.12. The number of hydrogen-bond acceptors (Lipinski definition) is 2. The predicted octanol–water partition coefficient (Wildman–Crippen LogP) is 1.57. The first-order valence-corrected chi connectivity index (χ1v) is 6.65. The summed E-state index contributed by atoms with van der Waals surface area (Å²) in [4.78, 5) is 5.63. The van der Waals surface area contributed by atoms with Gasteiger partial charge in [-0.15, -0.1) is 0 Å². The number of nitrogens with zero attached hydrogens (tertiary/aromatic N) is 2. The van der Waals surface area contributed by atoms with Gasteiger partial charge in [-0.05, 0) is 32.2 Å². The highest BCUT2D eigenvalue weighted by Gasteiger charge is 2.34. The van der Waals surface area contributed by atoms with Gasteiger partial charge in [0.05, 0.1) is 6.54 Å². The van der Waals surface area contributed by atoms with Gasteiger partial charge in [-0.1, -0.05) is 6.92 Å². The molecule has 0 aromatic rings. The molecule has 7 heteroatoms. The second-order valence-electron chi connectivity index (χ2n) is 5.18. The van der Waals surface area contributed by atoms with Gasteiger partial charge in [0.2, 0.25) is 0 Å². The van der Waals surface area contributed by atoms with Crippen molar-refractivity contribution in [1.29, 1.82) is 0 Å². The van der Waals surface area contributed by atoms with E-state index in [-0.39, 0.29) is 12.0 Å². The first-order chi connectivity index (χ1) is 8.80. The minimum Gasteiger partial charge on any atom is -0.370 e. The molecule has 0 aromatic carbocycles. The van der Waals surface area contributed by atoms with E-state index >= 15 is 0 Å². The standard InChI is InChI=1S/C12H23F3N4/c1-3-9(2)18-11(16)17-6-10-4-5-19(7-10)8-12(13,14)15/h9-10H,3-8H2,1-2H3,(H3,16,17,18)/t9-,10-/m1/s1. The number of guanidine groups is 1. The molecule has 1 heterocycles. The highest BCUT2D eigenvalue weighted by Crippen LogP contribution is 2.22. The van der Waals surface area contributed by atoms with E-state index in [1.165, 1.54) is 4.90 Å². The largest absolute Gasteiger partial charge is 0.401 e. The highest BCUT2D eigenvalue weighted by atomic mass is 19.4. The average molecular weight is 280 g/mol. The summed E-state index contributed by atoms with van der Waals surface area (Å²) in [6.07, 6.45) is -2.43. The summed E-state index contributed by atoms with van der Waals surface area (Å²) in [5.41, 5.74) is 5.71. The van der Waals surface area contributed by atoms with Crippen LogP contribution < -0.4 is 11.1 Å². The SMILES string of the molecule is CC[C@@H](C)NC(N)=NC[C@H]1CCN(CC(F)(F)F)C1. The zero-order valence-electron chi connectivity index (χ0n) is 11.5. The molecule has 0 aromatic heterocycles. The van der Waals surface area contributed by atoms with Gasteiger partial charge < -0.3 is 11.1 Å². The maximum absolute atomic E-state index is 12.2. The lowest BCUT2D eigenvalue weighted by molar-refractivity contribution is -0.143. The van der Waals surface area contributed by atoms with E-state index in [1.807, 2.05) is 13.8 Å². The molecule has 0 saturated carbocycles. The Hall–Kier alpha value is -0.980. The molecule has 2 atom stereocenters. The molecule has 3 N–H and O–H groups in total. The third-order valence-corrected chi connectivity index (χ3v) is 3.30. The van der Waals surface area contributed by atoms with E-state index < -0.39 is 12.7 Å². The lowest BCUT2D eigenvalue weighted by Crippen LogP contribution is -2.38. The van der Waals surface area contributed by atoms with Crippen LogP contribution in [-0.2, 0) is 0 Å². The van der Waals surface area contributed by atoms with Gasteiger partial charge in [0, 0.05) is 19.1 Å². The molecule has 1 rings (SSSR count). The van der Waals surface area contributed by atoms with E-state index in [4.69, 9.17) is 5.73 Å². The Labute approximate surface area is 112 Å². The number of aliphatic imine (C=N–C) groups is 1. The normalized spacial score (nSPS) is 23.6. The van der Waals surface area contributed by atoms with Crippen molar-refractivity contribution in [1.82, 2.24) is 10.2 Å². The van der Waals surface area contributed by atoms with Crippen molar-refractivity contribution in [3.8, 4) is 0 Å². The highest BCUT2D eigenvalue weighted by molar-refractivity contribution is 5.78. The number of halogens is 3. The van der Waals surface area contributed by atoms with Crippen LogP contribution in [0.25, 0.3) is 0 Å². The van der Waals surface area contributed by atoms with Crippen molar-refractivity contribution in [3.05, 3.63) is 0 Å². The van der Waals surface area contributed by atoms with Crippen LogP contribution in [0.3, 0.4) is 0 Å². The molecule has 112 valence electrons. The quantitative estimate of drug-likeness (QED) is 0.594. The van der Waals surface area contributed by atoms with Crippen LogP contribution in [0.15, 0.2) is 4.99 Å². The zero-order valence-corrected chi connectivity index (χ0v) is 11.5. The molecule has 0 radical (unpaired) electrons. The maximum Gasteiger partial charge on any atom is 0.401 e. The number of likely N-dealkylation sites (tertiary alicyclic amines) is 1. The fraction of sp³-hybridized carbons (Fsp3) is 0.917. The number of hydrogen-bond donors (Lipinski definition) is 2. The van der Waals surface area contributed by atoms with Crippen LogP contribution >= 0.6 is 0 Å². The van der Waals surface area contributed by atoms with Crippen LogP contribution in [0.1, 0.15) is 26.7 Å². The van der Waals surface area contributed by atoms with Gasteiger partial charge in [0.1, 0.15) is 0 Å². The predicted molar refractivity (Wildman–Crippen MR) is 70.0 cm³/mol. The minimum absolute atomic E-state index is 0.166. The summed E-state index contributed by atoms with van der Waals surface area (Å²) < 4.78 is 36.7. The molecule has 0 aliphatic carbocycles. The molecule has 1 aliphatic heterocycles. The Morgan fingerprint density at radius 3 is 2.79 bits per heavy atom. The molecule has 0 bridgehead atoms. The van der Waals surface area contributed by atoms with Crippen molar-refractivity contribution in [2.45, 2.75) is 38.9 Å². The molecule has 4 nitrogen and oxygen atoms in total. The third-order valence-electron chi connectivity index (χ3n) is 3.30. The smallest absolute Gasteiger partial charge is 0.370 e. The monoisotopic (exact) mass is 280 g/mol. The fourth-order valence-electron chi connectivity index (χ4n) is 2.09. The number of nitrogens with one attached hydrogen (secondary N) is 1. The Morgan fingerprint density at radius 2 is 2.21 bits per heavy atom. The molecule has 19 heavy (non-hydrogen) atoms. The van der Waals surface area contributed by atoms with Crippen LogP contribution in [-0.4, -0.2) is 49.3 Å². The molecule has 1 aliphatic rings. The molecule has 1 fully saturated rings. The van der Waals surface area contributed by atoms with Gasteiger partial charge in [-0.2, -0.15) is 13.2 Å². The summed E-state index contributed by atoms with van der Waals surface area (Å²) >= 11 is 0. The number of alkyl halides is 3. The summed E-state index contributed by atoms with van der Waals surface area (Å²) in [7, 11) is 0. The van der Waals surface area contributed by atoms with Gasteiger partial charge >= 0.3 is 6.18 Å². The maximum atomic E-state index is 12.2. The zero-order chi connectivity index (χ0) is 14.5. The second-order valence-corrected chi connectivity index (χ2v) is 5.18. The van der Waals surface area contributed by atoms with Crippen molar-refractivity contribution in [3.63, 3.8) is 0 Å². The summed E-state index contributed by atoms with van der Waals surface area (Å²) in [5, 5.41) is 3.04. The average Bonchev–Trinajstić information content (AvgIpc) is 2.71. The second kappa shape index (κ2) is 6.98. The lowest BCUT2D eigenvalue weighted by atomic mass is 10.1. The van der Waals surface area contributed by atoms with E-state index in [0.29, 0.717) is 25.6 Å². The molecular formula is C12H23F3N4. The fourth-order valence-corrected chi connectivity index (χ4v) is 2.09. The lowest BCUT2D eigenvalue weighted by Gasteiger charge is -2.17. The topological polar surface area (TPSA) is 53.6 Å². The third kappa shape index (κ3) is 6.66. The van der Waals surface area contributed by atoms with Crippen LogP contribution in [0.4, 0.5) is 13.2 Å². The molecule has 0 amide bonds. The molecule has 0 unspecified atom stereocenters. The molecular weight excluding hydrogens is 257 g/mol. The van der Waals surface area contributed by atoms with E-state index in [0.717, 1.165) is 12.8 Å². The van der Waals surface area contributed by atoms with E-state index in [1.54, 1.807) is 0 Å². The number of nitrogens with two attached hydrogens (primary N) is 1. The van der Waals surface area contributed by atoms with Crippen molar-refractivity contribution in [2.24, 2.45) is 16.6 Å². The van der Waals surface area contributed by atoms with E-state index in [2.05, 4.69) is 10.3 Å². The summed E-state index contributed by atoms with van der Waals surface area (Å²) in [6.45, 7) is 4.63. The van der Waals surface area contributed by atoms with Crippen LogP contribution in [0, 0.1) is 5.92 Å². The Bertz CT molecular complexity index is 304. The van der Waals surface area contributed by atoms with Crippen LogP contribution in [0.2, 0.25) is 0 Å². The Morgan fingerprint density at radius 1 is 1.53 bits per heavy atom. The Balaban J connectivity index is 2.30. The van der Waals surface area contributed by atoms with Crippen molar-refractivity contribution < 1.29 is 13.2 Å². The van der Waals surface area contributed by atoms with Gasteiger partial charge in [0.15, 0.2) is 5.96 Å². The molecule has 0 spiro atoms. The van der Waals surface area contributed by atoms with Gasteiger partial charge in [-0.25, -0.2) is 0 Å². The molecule has 1 saturated heterocycles.